The smallest absolute Gasteiger partial charge is 0.286 e. The molecule has 2 rings (SSSR count). The van der Waals surface area contributed by atoms with Crippen molar-refractivity contribution in [1.29, 1.82) is 0 Å². The molecule has 2 heterocycles. The number of aryl methyl sites for hydroxylation is 1. The molecule has 0 radical (unpaired) electrons. The number of pyridine rings is 1. The molecule has 0 aromatic carbocycles. The van der Waals surface area contributed by atoms with Crippen LogP contribution in [0.5, 0.6) is 0 Å². The molecule has 0 aliphatic rings. The second-order valence-corrected chi connectivity index (χ2v) is 5.15. The molecule has 2 aromatic rings. The molecule has 2 aromatic heterocycles. The van der Waals surface area contributed by atoms with Crippen LogP contribution in [0.2, 0.25) is 0 Å². The van der Waals surface area contributed by atoms with Crippen LogP contribution < -0.4 is 10.9 Å². The summed E-state index contributed by atoms with van der Waals surface area (Å²) in [4.78, 5) is 30.8. The summed E-state index contributed by atoms with van der Waals surface area (Å²) in [5.41, 5.74) is 0.182. The van der Waals surface area contributed by atoms with Crippen LogP contribution in [-0.2, 0) is 6.54 Å². The van der Waals surface area contributed by atoms with Gasteiger partial charge < -0.3 is 9.88 Å². The minimum atomic E-state index is -0.559. The maximum atomic E-state index is 12.0. The average Bonchev–Trinajstić information content (AvgIpc) is 2.42. The van der Waals surface area contributed by atoms with Crippen molar-refractivity contribution in [2.75, 3.05) is 12.4 Å². The fraction of sp³-hybridized carbons (Fsp3) is 0.250. The second-order valence-electron chi connectivity index (χ2n) is 4.30. The standard InChI is InChI=1S/C12H12BrN5O3/c1-7-3-10(14-2)16-11(15-7)6-17-5-8(18(20)21)4-9(13)12(17)19/h3-5H,6H2,1-2H3,(H,14,15,16). The third kappa shape index (κ3) is 3.43. The maximum Gasteiger partial charge on any atom is 0.286 e. The SMILES string of the molecule is CNc1cc(C)nc(Cn2cc([N+](=O)[O-])cc(Br)c2=O)n1. The van der Waals surface area contributed by atoms with Gasteiger partial charge in [0, 0.05) is 24.9 Å². The molecule has 0 bridgehead atoms. The van der Waals surface area contributed by atoms with E-state index < -0.39 is 4.92 Å². The lowest BCUT2D eigenvalue weighted by molar-refractivity contribution is -0.385. The van der Waals surface area contributed by atoms with Crippen molar-refractivity contribution in [3.8, 4) is 0 Å². The Kier molecular flexibility index (Phi) is 4.32. The molecule has 9 heteroatoms. The van der Waals surface area contributed by atoms with E-state index in [9.17, 15) is 14.9 Å². The molecule has 0 saturated heterocycles. The first kappa shape index (κ1) is 15.1. The number of anilines is 1. The Labute approximate surface area is 128 Å². The summed E-state index contributed by atoms with van der Waals surface area (Å²) in [5, 5.41) is 13.7. The van der Waals surface area contributed by atoms with Crippen LogP contribution in [0.15, 0.2) is 27.6 Å². The lowest BCUT2D eigenvalue weighted by atomic mass is 10.3. The molecular formula is C12H12BrN5O3. The van der Waals surface area contributed by atoms with Crippen LogP contribution in [0.1, 0.15) is 11.5 Å². The number of nitro groups is 1. The lowest BCUT2D eigenvalue weighted by Gasteiger charge is -2.08. The highest BCUT2D eigenvalue weighted by Gasteiger charge is 2.13. The lowest BCUT2D eigenvalue weighted by Crippen LogP contribution is -2.22. The van der Waals surface area contributed by atoms with Gasteiger partial charge in [-0.05, 0) is 22.9 Å². The summed E-state index contributed by atoms with van der Waals surface area (Å²) in [6.07, 6.45) is 1.18. The topological polar surface area (TPSA) is 103 Å². The molecule has 0 atom stereocenters. The van der Waals surface area contributed by atoms with E-state index in [1.165, 1.54) is 16.8 Å². The van der Waals surface area contributed by atoms with Crippen LogP contribution in [0.3, 0.4) is 0 Å². The van der Waals surface area contributed by atoms with Gasteiger partial charge in [0.2, 0.25) is 0 Å². The molecule has 0 saturated carbocycles. The molecule has 110 valence electrons. The fourth-order valence-corrected chi connectivity index (χ4v) is 2.25. The minimum absolute atomic E-state index is 0.0511. The highest BCUT2D eigenvalue weighted by atomic mass is 79.9. The summed E-state index contributed by atoms with van der Waals surface area (Å²) >= 11 is 3.03. The van der Waals surface area contributed by atoms with E-state index in [0.29, 0.717) is 11.6 Å². The Morgan fingerprint density at radius 1 is 1.43 bits per heavy atom. The normalized spacial score (nSPS) is 10.4. The van der Waals surface area contributed by atoms with Crippen LogP contribution in [-0.4, -0.2) is 26.5 Å². The van der Waals surface area contributed by atoms with Gasteiger partial charge in [-0.25, -0.2) is 9.97 Å². The van der Waals surface area contributed by atoms with Gasteiger partial charge in [-0.2, -0.15) is 0 Å². The van der Waals surface area contributed by atoms with Gasteiger partial charge in [0.15, 0.2) is 5.82 Å². The number of hydrogen-bond donors (Lipinski definition) is 1. The third-order valence-corrected chi connectivity index (χ3v) is 3.28. The Morgan fingerprint density at radius 2 is 2.14 bits per heavy atom. The predicted octanol–water partition coefficient (Wildman–Crippen LogP) is 1.71. The number of nitrogens with zero attached hydrogens (tertiary/aromatic N) is 4. The van der Waals surface area contributed by atoms with Gasteiger partial charge in [0.05, 0.1) is 22.1 Å². The van der Waals surface area contributed by atoms with E-state index in [0.717, 1.165) is 5.69 Å². The maximum absolute atomic E-state index is 12.0. The van der Waals surface area contributed by atoms with Crippen molar-refractivity contribution < 1.29 is 4.92 Å². The first-order valence-corrected chi connectivity index (χ1v) is 6.76. The van der Waals surface area contributed by atoms with Crippen molar-refractivity contribution in [1.82, 2.24) is 14.5 Å². The quantitative estimate of drug-likeness (QED) is 0.662. The molecule has 21 heavy (non-hydrogen) atoms. The Bertz CT molecular complexity index is 759. The zero-order chi connectivity index (χ0) is 15.6. The summed E-state index contributed by atoms with van der Waals surface area (Å²) in [6.45, 7) is 1.85. The summed E-state index contributed by atoms with van der Waals surface area (Å²) in [5.74, 6) is 1.02. The Balaban J connectivity index is 2.46. The van der Waals surface area contributed by atoms with Gasteiger partial charge in [0.1, 0.15) is 5.82 Å². The van der Waals surface area contributed by atoms with Crippen LogP contribution in [0.25, 0.3) is 0 Å². The second kappa shape index (κ2) is 6.00. The number of aromatic nitrogens is 3. The molecule has 1 N–H and O–H groups in total. The van der Waals surface area contributed by atoms with Crippen LogP contribution in [0.4, 0.5) is 11.5 Å². The predicted molar refractivity (Wildman–Crippen MR) is 80.5 cm³/mol. The van der Waals surface area contributed by atoms with E-state index >= 15 is 0 Å². The molecular weight excluding hydrogens is 342 g/mol. The highest BCUT2D eigenvalue weighted by molar-refractivity contribution is 9.10. The monoisotopic (exact) mass is 353 g/mol. The zero-order valence-electron chi connectivity index (χ0n) is 11.3. The van der Waals surface area contributed by atoms with E-state index in [4.69, 9.17) is 0 Å². The van der Waals surface area contributed by atoms with E-state index in [-0.39, 0.29) is 22.3 Å². The average molecular weight is 354 g/mol. The van der Waals surface area contributed by atoms with E-state index in [1.807, 2.05) is 0 Å². The largest absolute Gasteiger partial charge is 0.373 e. The number of nitrogens with one attached hydrogen (secondary N) is 1. The van der Waals surface area contributed by atoms with Crippen molar-refractivity contribution in [3.63, 3.8) is 0 Å². The number of halogens is 1. The highest BCUT2D eigenvalue weighted by Crippen LogP contribution is 2.15. The van der Waals surface area contributed by atoms with E-state index in [1.54, 1.807) is 20.0 Å². The van der Waals surface area contributed by atoms with Crippen molar-refractivity contribution in [2.24, 2.45) is 0 Å². The molecule has 0 aliphatic heterocycles. The Hall–Kier alpha value is -2.29. The van der Waals surface area contributed by atoms with Crippen molar-refractivity contribution in [3.05, 3.63) is 54.8 Å². The molecule has 0 fully saturated rings. The van der Waals surface area contributed by atoms with Gasteiger partial charge in [-0.1, -0.05) is 0 Å². The van der Waals surface area contributed by atoms with Gasteiger partial charge in [-0.3, -0.25) is 14.9 Å². The van der Waals surface area contributed by atoms with E-state index in [2.05, 4.69) is 31.2 Å². The first-order valence-electron chi connectivity index (χ1n) is 5.97. The molecule has 0 amide bonds. The minimum Gasteiger partial charge on any atom is -0.373 e. The van der Waals surface area contributed by atoms with Crippen molar-refractivity contribution in [2.45, 2.75) is 13.5 Å². The molecule has 0 unspecified atom stereocenters. The van der Waals surface area contributed by atoms with Crippen LogP contribution in [0, 0.1) is 17.0 Å². The van der Waals surface area contributed by atoms with Gasteiger partial charge in [0.25, 0.3) is 11.2 Å². The summed E-state index contributed by atoms with van der Waals surface area (Å²) in [6, 6.07) is 2.94. The molecule has 0 aliphatic carbocycles. The number of rotatable bonds is 4. The van der Waals surface area contributed by atoms with Gasteiger partial charge in [-0.15, -0.1) is 0 Å². The van der Waals surface area contributed by atoms with Crippen LogP contribution >= 0.6 is 15.9 Å². The first-order chi connectivity index (χ1) is 9.90. The fourth-order valence-electron chi connectivity index (χ4n) is 1.78. The molecule has 0 spiro atoms. The van der Waals surface area contributed by atoms with Crippen molar-refractivity contribution >= 4 is 27.4 Å². The third-order valence-electron chi connectivity index (χ3n) is 2.71. The summed E-state index contributed by atoms with van der Waals surface area (Å²) in [7, 11) is 1.72. The van der Waals surface area contributed by atoms with Gasteiger partial charge >= 0.3 is 0 Å². The zero-order valence-corrected chi connectivity index (χ0v) is 12.9. The Morgan fingerprint density at radius 3 is 2.76 bits per heavy atom. The summed E-state index contributed by atoms with van der Waals surface area (Å²) < 4.78 is 1.33. The number of hydrogen-bond acceptors (Lipinski definition) is 6. The molecule has 8 nitrogen and oxygen atoms in total.